The number of carbonyl (C=O) groups is 1. The maximum Gasteiger partial charge on any atom is 0.245 e. The van der Waals surface area contributed by atoms with Crippen LogP contribution < -0.4 is 0 Å². The molecular formula is C17H22ClNO. The molecule has 1 heterocycles. The smallest absolute Gasteiger partial charge is 0.245 e. The average Bonchev–Trinajstić information content (AvgIpc) is 3.32. The molecule has 1 aliphatic carbocycles. The van der Waals surface area contributed by atoms with Crippen LogP contribution >= 0.6 is 11.6 Å². The molecule has 1 saturated carbocycles. The summed E-state index contributed by atoms with van der Waals surface area (Å²) < 4.78 is 0. The number of halogens is 1. The topological polar surface area (TPSA) is 20.3 Å². The van der Waals surface area contributed by atoms with Gasteiger partial charge in [-0.2, -0.15) is 0 Å². The highest BCUT2D eigenvalue weighted by Gasteiger charge is 2.27. The van der Waals surface area contributed by atoms with Crippen LogP contribution in [0.25, 0.3) is 0 Å². The number of carbonyl (C=O) groups excluding carboxylic acids is 1. The fourth-order valence-electron chi connectivity index (χ4n) is 2.98. The lowest BCUT2D eigenvalue weighted by Gasteiger charge is -2.23. The first-order valence-electron chi connectivity index (χ1n) is 7.78. The van der Waals surface area contributed by atoms with Crippen molar-refractivity contribution in [2.45, 2.75) is 49.8 Å². The van der Waals surface area contributed by atoms with Crippen molar-refractivity contribution >= 4 is 17.5 Å². The molecule has 2 nitrogen and oxygen atoms in total. The maximum atomic E-state index is 12.5. The van der Waals surface area contributed by atoms with Crippen molar-refractivity contribution in [2.24, 2.45) is 0 Å². The Kier molecular flexibility index (Phi) is 4.30. The molecule has 0 spiro atoms. The third-order valence-corrected chi connectivity index (χ3v) is 4.83. The van der Waals surface area contributed by atoms with E-state index in [2.05, 4.69) is 12.1 Å². The zero-order chi connectivity index (χ0) is 13.9. The SMILES string of the molecule is O=C(C(Cl)c1cccc(C2CC2)c1)N1CCCCCC1. The van der Waals surface area contributed by atoms with Gasteiger partial charge < -0.3 is 4.90 Å². The fourth-order valence-corrected chi connectivity index (χ4v) is 3.25. The summed E-state index contributed by atoms with van der Waals surface area (Å²) in [6, 6.07) is 8.31. The van der Waals surface area contributed by atoms with E-state index in [1.807, 2.05) is 17.0 Å². The second-order valence-corrected chi connectivity index (χ2v) is 6.48. The molecule has 0 bridgehead atoms. The highest BCUT2D eigenvalue weighted by atomic mass is 35.5. The molecule has 1 aliphatic heterocycles. The van der Waals surface area contributed by atoms with Gasteiger partial charge in [-0.05, 0) is 42.7 Å². The van der Waals surface area contributed by atoms with Crippen LogP contribution in [0.3, 0.4) is 0 Å². The quantitative estimate of drug-likeness (QED) is 0.763. The molecule has 3 rings (SSSR count). The second-order valence-electron chi connectivity index (χ2n) is 6.05. The Hall–Kier alpha value is -1.02. The molecule has 1 amide bonds. The van der Waals surface area contributed by atoms with Gasteiger partial charge in [-0.25, -0.2) is 0 Å². The second kappa shape index (κ2) is 6.17. The van der Waals surface area contributed by atoms with Crippen molar-refractivity contribution in [3.8, 4) is 0 Å². The van der Waals surface area contributed by atoms with Crippen LogP contribution in [-0.4, -0.2) is 23.9 Å². The first kappa shape index (κ1) is 13.9. The number of rotatable bonds is 3. The van der Waals surface area contributed by atoms with Gasteiger partial charge in [0.25, 0.3) is 0 Å². The summed E-state index contributed by atoms with van der Waals surface area (Å²) in [6.07, 6.45) is 7.23. The molecule has 1 aromatic rings. The summed E-state index contributed by atoms with van der Waals surface area (Å²) >= 11 is 6.45. The van der Waals surface area contributed by atoms with Gasteiger partial charge in [0.15, 0.2) is 0 Å². The third-order valence-electron chi connectivity index (χ3n) is 4.39. The molecule has 1 saturated heterocycles. The maximum absolute atomic E-state index is 12.5. The van der Waals surface area contributed by atoms with Crippen molar-refractivity contribution in [3.63, 3.8) is 0 Å². The van der Waals surface area contributed by atoms with Gasteiger partial charge >= 0.3 is 0 Å². The van der Waals surface area contributed by atoms with E-state index >= 15 is 0 Å². The molecule has 2 fully saturated rings. The number of hydrogen-bond donors (Lipinski definition) is 0. The largest absolute Gasteiger partial charge is 0.341 e. The standard InChI is InChI=1S/C17H22ClNO/c18-16(17(20)19-10-3-1-2-4-11-19)15-7-5-6-14(12-15)13-8-9-13/h5-7,12-13,16H,1-4,8-11H2. The zero-order valence-electron chi connectivity index (χ0n) is 11.9. The molecule has 0 aromatic heterocycles. The Morgan fingerprint density at radius 2 is 1.85 bits per heavy atom. The van der Waals surface area contributed by atoms with Gasteiger partial charge in [-0.3, -0.25) is 4.79 Å². The monoisotopic (exact) mass is 291 g/mol. The van der Waals surface area contributed by atoms with E-state index in [0.717, 1.165) is 31.5 Å². The van der Waals surface area contributed by atoms with Crippen LogP contribution in [0.4, 0.5) is 0 Å². The summed E-state index contributed by atoms with van der Waals surface area (Å²) in [7, 11) is 0. The lowest BCUT2D eigenvalue weighted by molar-refractivity contribution is -0.130. The third kappa shape index (κ3) is 3.17. The highest BCUT2D eigenvalue weighted by Crippen LogP contribution is 2.41. The molecule has 1 unspecified atom stereocenters. The average molecular weight is 292 g/mol. The van der Waals surface area contributed by atoms with Crippen molar-refractivity contribution in [1.82, 2.24) is 4.90 Å². The predicted octanol–water partition coefficient (Wildman–Crippen LogP) is 4.25. The minimum absolute atomic E-state index is 0.0847. The van der Waals surface area contributed by atoms with Gasteiger partial charge in [-0.15, -0.1) is 11.6 Å². The van der Waals surface area contributed by atoms with Gasteiger partial charge in [-0.1, -0.05) is 37.1 Å². The van der Waals surface area contributed by atoms with E-state index in [0.29, 0.717) is 5.92 Å². The van der Waals surface area contributed by atoms with Crippen LogP contribution in [0.1, 0.15) is 60.9 Å². The number of amides is 1. The molecule has 1 aromatic carbocycles. The van der Waals surface area contributed by atoms with E-state index in [1.54, 1.807) is 0 Å². The molecule has 3 heteroatoms. The first-order valence-corrected chi connectivity index (χ1v) is 8.22. The molecule has 0 radical (unpaired) electrons. The van der Waals surface area contributed by atoms with E-state index < -0.39 is 5.38 Å². The van der Waals surface area contributed by atoms with Gasteiger partial charge in [0, 0.05) is 13.1 Å². The van der Waals surface area contributed by atoms with Crippen LogP contribution in [0.2, 0.25) is 0 Å². The Labute approximate surface area is 126 Å². The van der Waals surface area contributed by atoms with E-state index in [9.17, 15) is 4.79 Å². The minimum Gasteiger partial charge on any atom is -0.341 e. The number of likely N-dealkylation sites (tertiary alicyclic amines) is 1. The van der Waals surface area contributed by atoms with Crippen molar-refractivity contribution in [1.29, 1.82) is 0 Å². The summed E-state index contributed by atoms with van der Waals surface area (Å²) in [5.74, 6) is 0.786. The molecule has 20 heavy (non-hydrogen) atoms. The summed E-state index contributed by atoms with van der Waals surface area (Å²) in [5.41, 5.74) is 2.31. The molecule has 108 valence electrons. The normalized spacial score (nSPS) is 21.4. The first-order chi connectivity index (χ1) is 9.75. The molecular weight excluding hydrogens is 270 g/mol. The van der Waals surface area contributed by atoms with Crippen LogP contribution in [0.15, 0.2) is 24.3 Å². The lowest BCUT2D eigenvalue weighted by Crippen LogP contribution is -2.34. The van der Waals surface area contributed by atoms with E-state index in [1.165, 1.54) is 31.2 Å². The number of benzene rings is 1. The predicted molar refractivity (Wildman–Crippen MR) is 82.1 cm³/mol. The number of nitrogens with zero attached hydrogens (tertiary/aromatic N) is 1. The summed E-state index contributed by atoms with van der Waals surface area (Å²) in [5, 5.41) is -0.521. The lowest BCUT2D eigenvalue weighted by atomic mass is 10.0. The minimum atomic E-state index is -0.521. The number of hydrogen-bond acceptors (Lipinski definition) is 1. The molecule has 2 aliphatic rings. The van der Waals surface area contributed by atoms with Crippen molar-refractivity contribution < 1.29 is 4.79 Å². The van der Waals surface area contributed by atoms with E-state index in [4.69, 9.17) is 11.6 Å². The Balaban J connectivity index is 1.71. The number of alkyl halides is 1. The van der Waals surface area contributed by atoms with Crippen molar-refractivity contribution in [2.75, 3.05) is 13.1 Å². The zero-order valence-corrected chi connectivity index (χ0v) is 12.6. The Bertz CT molecular complexity index is 476. The van der Waals surface area contributed by atoms with Gasteiger partial charge in [0.2, 0.25) is 5.91 Å². The van der Waals surface area contributed by atoms with Crippen molar-refractivity contribution in [3.05, 3.63) is 35.4 Å². The summed E-state index contributed by atoms with van der Waals surface area (Å²) in [6.45, 7) is 1.73. The highest BCUT2D eigenvalue weighted by molar-refractivity contribution is 6.30. The Morgan fingerprint density at radius 3 is 2.50 bits per heavy atom. The van der Waals surface area contributed by atoms with Gasteiger partial charge in [0.1, 0.15) is 5.38 Å². The van der Waals surface area contributed by atoms with Crippen LogP contribution in [0, 0.1) is 0 Å². The fraction of sp³-hybridized carbons (Fsp3) is 0.588. The van der Waals surface area contributed by atoms with Crippen LogP contribution in [0.5, 0.6) is 0 Å². The van der Waals surface area contributed by atoms with Gasteiger partial charge in [0.05, 0.1) is 0 Å². The van der Waals surface area contributed by atoms with Crippen LogP contribution in [-0.2, 0) is 4.79 Å². The van der Waals surface area contributed by atoms with E-state index in [-0.39, 0.29) is 5.91 Å². The molecule has 1 atom stereocenters. The summed E-state index contributed by atoms with van der Waals surface area (Å²) in [4.78, 5) is 14.5. The Morgan fingerprint density at radius 1 is 1.15 bits per heavy atom. The molecule has 0 N–H and O–H groups in total.